The number of piperidine rings is 2. The molecule has 0 radical (unpaired) electrons. The van der Waals surface area contributed by atoms with Crippen molar-refractivity contribution < 1.29 is 19.5 Å². The Bertz CT molecular complexity index is 1000. The molecule has 2 fully saturated rings. The average Bonchev–Trinajstić information content (AvgIpc) is 3.04. The molecule has 0 bridgehead atoms. The van der Waals surface area contributed by atoms with Gasteiger partial charge in [-0.2, -0.15) is 5.10 Å². The van der Waals surface area contributed by atoms with Crippen LogP contribution in [0.25, 0.3) is 10.9 Å². The average molecular weight is 412 g/mol. The van der Waals surface area contributed by atoms with Crippen LogP contribution in [0.2, 0.25) is 0 Å². The minimum absolute atomic E-state index is 0.100. The first-order valence-electron chi connectivity index (χ1n) is 10.6. The number of nitrogens with zero attached hydrogens (tertiary/aromatic N) is 3. The Hall–Kier alpha value is -2.74. The molecule has 2 aliphatic heterocycles. The molecule has 4 rings (SSSR count). The molecule has 2 aliphatic rings. The lowest BCUT2D eigenvalue weighted by Gasteiger charge is -2.39. The second-order valence-electron chi connectivity index (χ2n) is 8.49. The van der Waals surface area contributed by atoms with Gasteiger partial charge in [0.15, 0.2) is 0 Å². The third kappa shape index (κ3) is 3.84. The molecule has 1 unspecified atom stereocenters. The number of rotatable bonds is 5. The Labute approximate surface area is 175 Å². The number of aromatic nitrogens is 2. The van der Waals surface area contributed by atoms with Gasteiger partial charge in [0.2, 0.25) is 11.8 Å². The van der Waals surface area contributed by atoms with Crippen molar-refractivity contribution in [3.05, 3.63) is 23.9 Å². The number of imide groups is 1. The summed E-state index contributed by atoms with van der Waals surface area (Å²) in [6.45, 7) is 3.18. The highest BCUT2D eigenvalue weighted by Gasteiger charge is 2.35. The lowest BCUT2D eigenvalue weighted by atomic mass is 9.86. The van der Waals surface area contributed by atoms with Gasteiger partial charge in [0, 0.05) is 50.5 Å². The molecule has 1 aromatic carbocycles. The number of nitrogens with one attached hydrogen (secondary N) is 1. The van der Waals surface area contributed by atoms with Gasteiger partial charge in [0.25, 0.3) is 0 Å². The molecule has 2 N–H and O–H groups in total. The highest BCUT2D eigenvalue weighted by molar-refractivity contribution is 6.02. The second kappa shape index (κ2) is 7.83. The predicted molar refractivity (Wildman–Crippen MR) is 112 cm³/mol. The molecule has 1 atom stereocenters. The quantitative estimate of drug-likeness (QED) is 0.726. The van der Waals surface area contributed by atoms with E-state index in [0.29, 0.717) is 50.9 Å². The van der Waals surface area contributed by atoms with E-state index in [9.17, 15) is 19.5 Å². The van der Waals surface area contributed by atoms with Crippen LogP contribution < -0.4 is 10.2 Å². The summed E-state index contributed by atoms with van der Waals surface area (Å²) in [5.74, 6) is -0.835. The molecule has 8 nitrogen and oxygen atoms in total. The minimum Gasteiger partial charge on any atom is -0.389 e. The van der Waals surface area contributed by atoms with Crippen molar-refractivity contribution in [1.29, 1.82) is 0 Å². The monoisotopic (exact) mass is 412 g/mol. The lowest BCUT2D eigenvalue weighted by Crippen LogP contribution is -2.45. The van der Waals surface area contributed by atoms with Gasteiger partial charge in [-0.3, -0.25) is 24.4 Å². The zero-order valence-electron chi connectivity index (χ0n) is 17.5. The fourth-order valence-electron chi connectivity index (χ4n) is 4.53. The van der Waals surface area contributed by atoms with E-state index >= 15 is 0 Å². The summed E-state index contributed by atoms with van der Waals surface area (Å²) in [5.41, 5.74) is 1.76. The van der Waals surface area contributed by atoms with Crippen LogP contribution in [-0.4, -0.2) is 51.2 Å². The largest absolute Gasteiger partial charge is 0.389 e. The van der Waals surface area contributed by atoms with Crippen molar-refractivity contribution in [2.24, 2.45) is 7.05 Å². The third-order valence-electron chi connectivity index (χ3n) is 6.41. The number of aliphatic hydroxyl groups is 1. The Morgan fingerprint density at radius 2 is 2.03 bits per heavy atom. The first-order valence-corrected chi connectivity index (χ1v) is 10.6. The molecular formula is C22H28N4O4. The summed E-state index contributed by atoms with van der Waals surface area (Å²) in [6, 6.07) is 6.05. The zero-order chi connectivity index (χ0) is 21.5. The predicted octanol–water partition coefficient (Wildman–Crippen LogP) is 1.79. The number of ketones is 1. The van der Waals surface area contributed by atoms with E-state index in [4.69, 9.17) is 0 Å². The molecule has 0 aliphatic carbocycles. The topological polar surface area (TPSA) is 105 Å². The van der Waals surface area contributed by atoms with Crippen LogP contribution >= 0.6 is 0 Å². The first-order chi connectivity index (χ1) is 14.3. The number of benzene rings is 1. The van der Waals surface area contributed by atoms with Crippen molar-refractivity contribution in [3.8, 4) is 0 Å². The maximum Gasteiger partial charge on any atom is 0.235 e. The summed E-state index contributed by atoms with van der Waals surface area (Å²) < 4.78 is 1.78. The van der Waals surface area contributed by atoms with Crippen LogP contribution in [0.1, 0.15) is 57.1 Å². The van der Waals surface area contributed by atoms with Crippen molar-refractivity contribution >= 4 is 34.2 Å². The van der Waals surface area contributed by atoms with Crippen LogP contribution in [0.5, 0.6) is 0 Å². The van der Waals surface area contributed by atoms with Gasteiger partial charge < -0.3 is 10.0 Å². The van der Waals surface area contributed by atoms with Crippen molar-refractivity contribution in [2.75, 3.05) is 18.0 Å². The van der Waals surface area contributed by atoms with Crippen LogP contribution in [0.3, 0.4) is 0 Å². The second-order valence-corrected chi connectivity index (χ2v) is 8.49. The first kappa shape index (κ1) is 20.5. The van der Waals surface area contributed by atoms with Gasteiger partial charge >= 0.3 is 0 Å². The van der Waals surface area contributed by atoms with E-state index < -0.39 is 11.5 Å². The SMILES string of the molecule is CCC(=O)CC1(O)CCN(c2ccc3c(C4CCC(=O)NC4=O)nn(C)c3c2)CC1. The maximum atomic E-state index is 12.3. The number of carbonyl (C=O) groups excluding carboxylic acids is 3. The number of hydrogen-bond acceptors (Lipinski definition) is 6. The molecule has 2 aromatic rings. The Kier molecular flexibility index (Phi) is 5.36. The molecule has 30 heavy (non-hydrogen) atoms. The van der Waals surface area contributed by atoms with Crippen LogP contribution in [0.4, 0.5) is 5.69 Å². The van der Waals surface area contributed by atoms with Crippen LogP contribution in [0.15, 0.2) is 18.2 Å². The van der Waals surface area contributed by atoms with Crippen LogP contribution in [-0.2, 0) is 21.4 Å². The Balaban J connectivity index is 1.54. The van der Waals surface area contributed by atoms with E-state index in [-0.39, 0.29) is 24.0 Å². The molecule has 3 heterocycles. The number of Topliss-reactive ketones (excluding diaryl/α,β-unsaturated/α-hetero) is 1. The van der Waals surface area contributed by atoms with Gasteiger partial charge in [0.1, 0.15) is 5.78 Å². The zero-order valence-corrected chi connectivity index (χ0v) is 17.5. The molecule has 8 heteroatoms. The molecule has 1 aromatic heterocycles. The summed E-state index contributed by atoms with van der Waals surface area (Å²) >= 11 is 0. The number of hydrogen-bond donors (Lipinski definition) is 2. The molecule has 0 spiro atoms. The van der Waals surface area contributed by atoms with Gasteiger partial charge in [-0.1, -0.05) is 6.92 Å². The molecular weight excluding hydrogens is 384 g/mol. The van der Waals surface area contributed by atoms with Crippen LogP contribution in [0, 0.1) is 0 Å². The summed E-state index contributed by atoms with van der Waals surface area (Å²) in [5, 5.41) is 18.6. The Morgan fingerprint density at radius 3 is 2.70 bits per heavy atom. The van der Waals surface area contributed by atoms with E-state index in [1.54, 1.807) is 4.68 Å². The van der Waals surface area contributed by atoms with E-state index in [1.807, 2.05) is 26.1 Å². The standard InChI is InChI=1S/C22H28N4O4/c1-3-15(27)13-22(30)8-10-26(11-9-22)14-4-5-16-18(12-14)25(2)24-20(16)17-6-7-19(28)23-21(17)29/h4-5,12,17,30H,3,6-11,13H2,1-2H3,(H,23,28,29). The highest BCUT2D eigenvalue weighted by Crippen LogP contribution is 2.34. The fourth-order valence-corrected chi connectivity index (χ4v) is 4.53. The molecule has 160 valence electrons. The fraction of sp³-hybridized carbons (Fsp3) is 0.545. The summed E-state index contributed by atoms with van der Waals surface area (Å²) in [7, 11) is 1.85. The maximum absolute atomic E-state index is 12.3. The van der Waals surface area contributed by atoms with E-state index in [0.717, 1.165) is 16.6 Å². The number of amides is 2. The minimum atomic E-state index is -0.904. The van der Waals surface area contributed by atoms with Gasteiger partial charge in [-0.15, -0.1) is 0 Å². The highest BCUT2D eigenvalue weighted by atomic mass is 16.3. The number of carbonyl (C=O) groups is 3. The number of anilines is 1. The number of fused-ring (bicyclic) bond motifs is 1. The van der Waals surface area contributed by atoms with E-state index in [2.05, 4.69) is 21.4 Å². The lowest BCUT2D eigenvalue weighted by molar-refractivity contribution is -0.134. The smallest absolute Gasteiger partial charge is 0.235 e. The van der Waals surface area contributed by atoms with Crippen molar-refractivity contribution in [1.82, 2.24) is 15.1 Å². The third-order valence-corrected chi connectivity index (χ3v) is 6.41. The normalized spacial score (nSPS) is 21.7. The van der Waals surface area contributed by atoms with E-state index in [1.165, 1.54) is 0 Å². The summed E-state index contributed by atoms with van der Waals surface area (Å²) in [6.07, 6.45) is 2.60. The molecule has 2 amide bonds. The summed E-state index contributed by atoms with van der Waals surface area (Å²) in [4.78, 5) is 37.7. The van der Waals surface area contributed by atoms with Gasteiger partial charge in [0.05, 0.1) is 22.7 Å². The number of aryl methyl sites for hydroxylation is 1. The van der Waals surface area contributed by atoms with Gasteiger partial charge in [-0.05, 0) is 37.5 Å². The Morgan fingerprint density at radius 1 is 1.30 bits per heavy atom. The van der Waals surface area contributed by atoms with Crippen molar-refractivity contribution in [3.63, 3.8) is 0 Å². The molecule has 0 saturated carbocycles. The molecule has 2 saturated heterocycles. The van der Waals surface area contributed by atoms with Gasteiger partial charge in [-0.25, -0.2) is 0 Å². The van der Waals surface area contributed by atoms with Crippen molar-refractivity contribution in [2.45, 2.75) is 57.0 Å².